The maximum Gasteiger partial charge on any atom is 0.290 e. The van der Waals surface area contributed by atoms with Crippen LogP contribution in [0.5, 0.6) is 0 Å². The normalized spacial score (nSPS) is 22.7. The molecule has 0 spiro atoms. The predicted molar refractivity (Wildman–Crippen MR) is 105 cm³/mol. The third kappa shape index (κ3) is 4.37. The predicted octanol–water partition coefficient (Wildman–Crippen LogP) is 2.07. The number of aromatic nitrogens is 1. The summed E-state index contributed by atoms with van der Waals surface area (Å²) in [5, 5.41) is 16.2. The van der Waals surface area contributed by atoms with Crippen LogP contribution in [0.3, 0.4) is 0 Å². The van der Waals surface area contributed by atoms with Crippen LogP contribution in [0.15, 0.2) is 42.6 Å². The number of carbonyl (C=O) groups excluding carboxylic acids is 1. The first kappa shape index (κ1) is 20.7. The fourth-order valence-electron chi connectivity index (χ4n) is 4.41. The highest BCUT2D eigenvalue weighted by Crippen LogP contribution is 2.45. The van der Waals surface area contributed by atoms with Crippen molar-refractivity contribution in [1.82, 2.24) is 9.88 Å². The van der Waals surface area contributed by atoms with Crippen LogP contribution in [0.2, 0.25) is 0 Å². The Morgan fingerprint density at radius 3 is 2.69 bits per heavy atom. The van der Waals surface area contributed by atoms with Gasteiger partial charge in [0.05, 0.1) is 12.6 Å². The molecule has 1 aromatic carbocycles. The molecule has 1 amide bonds. The number of fused-ring (bicyclic) bond motifs is 1. The largest absolute Gasteiger partial charge is 0.483 e. The van der Waals surface area contributed by atoms with E-state index in [1.54, 1.807) is 25.3 Å². The minimum absolute atomic E-state index is 0.0136. The zero-order valence-corrected chi connectivity index (χ0v) is 16.1. The van der Waals surface area contributed by atoms with E-state index in [0.717, 1.165) is 30.0 Å². The van der Waals surface area contributed by atoms with Gasteiger partial charge in [-0.3, -0.25) is 9.59 Å². The van der Waals surface area contributed by atoms with Crippen molar-refractivity contribution >= 4 is 18.2 Å². The molecule has 8 heteroatoms. The van der Waals surface area contributed by atoms with Gasteiger partial charge in [0.15, 0.2) is 0 Å². The number of likely N-dealkylation sites (tertiary alicyclic amines) is 1. The third-order valence-corrected chi connectivity index (χ3v) is 5.58. The van der Waals surface area contributed by atoms with E-state index in [0.29, 0.717) is 12.5 Å². The van der Waals surface area contributed by atoms with E-state index in [4.69, 9.17) is 9.90 Å². The molecule has 0 radical (unpaired) electrons. The van der Waals surface area contributed by atoms with Crippen molar-refractivity contribution in [2.75, 3.05) is 24.5 Å². The molecule has 0 aliphatic carbocycles. The van der Waals surface area contributed by atoms with E-state index >= 15 is 0 Å². The van der Waals surface area contributed by atoms with E-state index in [-0.39, 0.29) is 36.8 Å². The first-order valence-electron chi connectivity index (χ1n) is 9.39. The molecule has 0 bridgehead atoms. The number of benzene rings is 1. The van der Waals surface area contributed by atoms with E-state index in [1.807, 2.05) is 17.0 Å². The maximum atomic E-state index is 13.8. The Morgan fingerprint density at radius 1 is 1.28 bits per heavy atom. The minimum Gasteiger partial charge on any atom is -0.483 e. The van der Waals surface area contributed by atoms with Gasteiger partial charge in [0.2, 0.25) is 5.91 Å². The molecule has 4 rings (SSSR count). The average molecular weight is 401 g/mol. The molecule has 2 N–H and O–H groups in total. The summed E-state index contributed by atoms with van der Waals surface area (Å²) in [7, 11) is 0. The number of pyridine rings is 1. The van der Waals surface area contributed by atoms with Crippen molar-refractivity contribution in [2.45, 2.75) is 19.6 Å². The Morgan fingerprint density at radius 2 is 2.03 bits per heavy atom. The van der Waals surface area contributed by atoms with Crippen molar-refractivity contribution < 1.29 is 24.2 Å². The lowest BCUT2D eigenvalue weighted by Crippen LogP contribution is -2.34. The van der Waals surface area contributed by atoms with Crippen LogP contribution in [0.1, 0.15) is 24.1 Å². The summed E-state index contributed by atoms with van der Waals surface area (Å²) in [5.41, 5.74) is 1.69. The van der Waals surface area contributed by atoms with Gasteiger partial charge in [0.25, 0.3) is 6.47 Å². The van der Waals surface area contributed by atoms with Crippen molar-refractivity contribution in [1.29, 1.82) is 0 Å². The molecule has 154 valence electrons. The van der Waals surface area contributed by atoms with E-state index in [2.05, 4.69) is 9.88 Å². The minimum atomic E-state index is -0.276. The molecule has 2 aromatic rings. The van der Waals surface area contributed by atoms with Crippen LogP contribution in [-0.2, 0) is 16.2 Å². The molecule has 2 saturated heterocycles. The Kier molecular flexibility index (Phi) is 6.43. The number of rotatable bonds is 3. The highest BCUT2D eigenvalue weighted by atomic mass is 19.1. The summed E-state index contributed by atoms with van der Waals surface area (Å²) in [5.74, 6) is 1.16. The van der Waals surface area contributed by atoms with Crippen LogP contribution >= 0.6 is 0 Å². The number of amides is 1. The van der Waals surface area contributed by atoms with Crippen molar-refractivity contribution in [3.63, 3.8) is 0 Å². The molecule has 3 heterocycles. The van der Waals surface area contributed by atoms with Crippen LogP contribution in [0.4, 0.5) is 10.2 Å². The molecule has 3 atom stereocenters. The number of aliphatic hydroxyl groups excluding tert-OH is 1. The van der Waals surface area contributed by atoms with Gasteiger partial charge >= 0.3 is 0 Å². The van der Waals surface area contributed by atoms with E-state index in [1.165, 1.54) is 12.1 Å². The lowest BCUT2D eigenvalue weighted by Gasteiger charge is -2.29. The zero-order valence-electron chi connectivity index (χ0n) is 16.1. The van der Waals surface area contributed by atoms with Gasteiger partial charge in [-0.05, 0) is 35.4 Å². The molecule has 2 fully saturated rings. The molecule has 1 aromatic heterocycles. The van der Waals surface area contributed by atoms with Gasteiger partial charge in [-0.1, -0.05) is 12.1 Å². The van der Waals surface area contributed by atoms with Gasteiger partial charge in [-0.15, -0.1) is 0 Å². The van der Waals surface area contributed by atoms with Gasteiger partial charge in [0.1, 0.15) is 11.6 Å². The summed E-state index contributed by atoms with van der Waals surface area (Å²) in [6.07, 6.45) is 1.71. The first-order valence-corrected chi connectivity index (χ1v) is 9.39. The van der Waals surface area contributed by atoms with Crippen molar-refractivity contribution in [3.05, 3.63) is 59.5 Å². The van der Waals surface area contributed by atoms with E-state index in [9.17, 15) is 14.3 Å². The topological polar surface area (TPSA) is 94.0 Å². The van der Waals surface area contributed by atoms with Crippen LogP contribution < -0.4 is 4.90 Å². The SMILES string of the molecule is CC(=O)N1C[C@H]2CN(c3cc(CO)ccn3)C[C@H]2[C@H]1c1cccc(F)c1.O=CO. The molecule has 0 unspecified atom stereocenters. The fourth-order valence-corrected chi connectivity index (χ4v) is 4.41. The lowest BCUT2D eigenvalue weighted by molar-refractivity contribution is -0.130. The Bertz CT molecular complexity index is 879. The highest BCUT2D eigenvalue weighted by molar-refractivity contribution is 5.74. The summed E-state index contributed by atoms with van der Waals surface area (Å²) < 4.78 is 13.8. The summed E-state index contributed by atoms with van der Waals surface area (Å²) in [4.78, 5) is 29.0. The monoisotopic (exact) mass is 401 g/mol. The number of nitrogens with zero attached hydrogens (tertiary/aromatic N) is 3. The summed E-state index contributed by atoms with van der Waals surface area (Å²) in [6.45, 7) is 3.56. The molecule has 0 saturated carbocycles. The first-order chi connectivity index (χ1) is 14.0. The molecular weight excluding hydrogens is 377 g/mol. The van der Waals surface area contributed by atoms with Crippen LogP contribution in [-0.4, -0.2) is 52.1 Å². The number of carbonyl (C=O) groups is 2. The van der Waals surface area contributed by atoms with Crippen LogP contribution in [0.25, 0.3) is 0 Å². The molecular formula is C21H24FN3O4. The third-order valence-electron chi connectivity index (χ3n) is 5.58. The molecule has 29 heavy (non-hydrogen) atoms. The Hall–Kier alpha value is -3.00. The van der Waals surface area contributed by atoms with Gasteiger partial charge in [-0.2, -0.15) is 0 Å². The number of anilines is 1. The van der Waals surface area contributed by atoms with Gasteiger partial charge in [0, 0.05) is 44.6 Å². The van der Waals surface area contributed by atoms with Crippen molar-refractivity contribution in [3.8, 4) is 0 Å². The van der Waals surface area contributed by atoms with Gasteiger partial charge < -0.3 is 20.0 Å². The lowest BCUT2D eigenvalue weighted by atomic mass is 9.89. The second kappa shape index (κ2) is 9.00. The van der Waals surface area contributed by atoms with Gasteiger partial charge in [-0.25, -0.2) is 9.37 Å². The smallest absolute Gasteiger partial charge is 0.290 e. The Labute approximate surface area is 168 Å². The van der Waals surface area contributed by atoms with Crippen molar-refractivity contribution in [2.24, 2.45) is 11.8 Å². The number of carboxylic acid groups (broad SMARTS) is 1. The number of halogens is 1. The second-order valence-corrected chi connectivity index (χ2v) is 7.29. The average Bonchev–Trinajstić information content (AvgIpc) is 3.26. The Balaban J connectivity index is 0.000000755. The van der Waals surface area contributed by atoms with E-state index < -0.39 is 0 Å². The highest BCUT2D eigenvalue weighted by Gasteiger charge is 2.48. The maximum absolute atomic E-state index is 13.8. The summed E-state index contributed by atoms with van der Waals surface area (Å²) >= 11 is 0. The zero-order chi connectivity index (χ0) is 21.0. The second-order valence-electron chi connectivity index (χ2n) is 7.29. The molecule has 2 aliphatic rings. The number of hydrogen-bond acceptors (Lipinski definition) is 5. The molecule has 2 aliphatic heterocycles. The quantitative estimate of drug-likeness (QED) is 0.765. The summed E-state index contributed by atoms with van der Waals surface area (Å²) in [6, 6.07) is 10.2. The number of aliphatic hydroxyl groups is 1. The fraction of sp³-hybridized carbons (Fsp3) is 0.381. The van der Waals surface area contributed by atoms with Crippen LogP contribution in [0, 0.1) is 17.7 Å². The standard InChI is InChI=1S/C20H22FN3O2.CH2O2/c1-13(26)24-10-16-9-23(19-7-14(12-25)5-6-22-19)11-18(16)20(24)15-3-2-4-17(21)8-15;2-1-3/h2-8,16,18,20,25H,9-12H2,1H3;1H,(H,2,3)/t16-,18-,20-;/m1./s1. The number of hydrogen-bond donors (Lipinski definition) is 2. The molecule has 7 nitrogen and oxygen atoms in total.